The summed E-state index contributed by atoms with van der Waals surface area (Å²) in [7, 11) is 0. The molecule has 0 spiro atoms. The second kappa shape index (κ2) is 5.80. The molecule has 1 aliphatic carbocycles. The molecule has 1 aliphatic rings. The van der Waals surface area contributed by atoms with Crippen LogP contribution < -0.4 is 11.1 Å². The van der Waals surface area contributed by atoms with E-state index in [2.05, 4.69) is 21.2 Å². The monoisotopic (exact) mass is 314 g/mol. The maximum atomic E-state index is 13.5. The Kier molecular flexibility index (Phi) is 4.35. The van der Waals surface area contributed by atoms with Crippen molar-refractivity contribution in [3.05, 3.63) is 28.5 Å². The van der Waals surface area contributed by atoms with E-state index in [9.17, 15) is 9.18 Å². The molecular formula is C13H16BrFN2O. The minimum atomic E-state index is -0.422. The highest BCUT2D eigenvalue weighted by Crippen LogP contribution is 2.32. The SMILES string of the molecule is NC[C@H]1CCC[C@H]1C(=O)Nc1cc(Br)ccc1F. The second-order valence-corrected chi connectivity index (χ2v) is 5.56. The van der Waals surface area contributed by atoms with Crippen molar-refractivity contribution in [1.29, 1.82) is 0 Å². The maximum Gasteiger partial charge on any atom is 0.227 e. The summed E-state index contributed by atoms with van der Waals surface area (Å²) in [5.41, 5.74) is 5.87. The third-order valence-corrected chi connectivity index (χ3v) is 3.98. The topological polar surface area (TPSA) is 55.1 Å². The van der Waals surface area contributed by atoms with Gasteiger partial charge in [-0.2, -0.15) is 0 Å². The van der Waals surface area contributed by atoms with Gasteiger partial charge < -0.3 is 11.1 Å². The molecule has 1 fully saturated rings. The standard InChI is InChI=1S/C13H16BrFN2O/c14-9-4-5-11(15)12(6-9)17-13(18)10-3-1-2-8(10)7-16/h4-6,8,10H,1-3,7,16H2,(H,17,18)/t8-,10-/m1/s1. The summed E-state index contributed by atoms with van der Waals surface area (Å²) >= 11 is 3.26. The summed E-state index contributed by atoms with van der Waals surface area (Å²) in [5, 5.41) is 2.66. The molecule has 0 heterocycles. The first kappa shape index (κ1) is 13.5. The number of benzene rings is 1. The van der Waals surface area contributed by atoms with Gasteiger partial charge in [-0.1, -0.05) is 22.4 Å². The zero-order valence-electron chi connectivity index (χ0n) is 9.96. The van der Waals surface area contributed by atoms with E-state index in [1.807, 2.05) is 0 Å². The highest BCUT2D eigenvalue weighted by molar-refractivity contribution is 9.10. The number of carbonyl (C=O) groups excluding carboxylic acids is 1. The molecule has 0 bridgehead atoms. The van der Waals surface area contributed by atoms with Crippen LogP contribution in [0, 0.1) is 17.7 Å². The summed E-state index contributed by atoms with van der Waals surface area (Å²) in [6.07, 6.45) is 2.83. The number of hydrogen-bond acceptors (Lipinski definition) is 2. The van der Waals surface area contributed by atoms with E-state index in [0.717, 1.165) is 23.7 Å². The van der Waals surface area contributed by atoms with E-state index in [0.29, 0.717) is 6.54 Å². The van der Waals surface area contributed by atoms with Gasteiger partial charge in [-0.15, -0.1) is 0 Å². The van der Waals surface area contributed by atoms with E-state index in [4.69, 9.17) is 5.73 Å². The lowest BCUT2D eigenvalue weighted by molar-refractivity contribution is -0.120. The fourth-order valence-corrected chi connectivity index (χ4v) is 2.84. The van der Waals surface area contributed by atoms with Crippen LogP contribution in [-0.2, 0) is 4.79 Å². The van der Waals surface area contributed by atoms with Crippen molar-refractivity contribution in [3.63, 3.8) is 0 Å². The molecule has 0 saturated heterocycles. The first-order valence-corrected chi connectivity index (χ1v) is 6.87. The number of anilines is 1. The Balaban J connectivity index is 2.09. The molecule has 0 aliphatic heterocycles. The highest BCUT2D eigenvalue weighted by Gasteiger charge is 2.32. The van der Waals surface area contributed by atoms with Gasteiger partial charge >= 0.3 is 0 Å². The van der Waals surface area contributed by atoms with Gasteiger partial charge in [0.05, 0.1) is 5.69 Å². The predicted octanol–water partition coefficient (Wildman–Crippen LogP) is 2.90. The van der Waals surface area contributed by atoms with Crippen LogP contribution in [0.1, 0.15) is 19.3 Å². The normalized spacial score (nSPS) is 23.1. The number of nitrogens with one attached hydrogen (secondary N) is 1. The first-order chi connectivity index (χ1) is 8.61. The summed E-state index contributed by atoms with van der Waals surface area (Å²) in [6, 6.07) is 4.50. The lowest BCUT2D eigenvalue weighted by Gasteiger charge is -2.17. The summed E-state index contributed by atoms with van der Waals surface area (Å²) in [5.74, 6) is -0.414. The predicted molar refractivity (Wildman–Crippen MR) is 72.6 cm³/mol. The molecule has 1 saturated carbocycles. The van der Waals surface area contributed by atoms with Crippen LogP contribution in [0.15, 0.2) is 22.7 Å². The van der Waals surface area contributed by atoms with Gasteiger partial charge in [-0.05, 0) is 43.5 Å². The molecule has 5 heteroatoms. The van der Waals surface area contributed by atoms with Gasteiger partial charge in [0.15, 0.2) is 0 Å². The number of halogens is 2. The Bertz CT molecular complexity index is 453. The Labute approximate surface area is 114 Å². The summed E-state index contributed by atoms with van der Waals surface area (Å²) in [6.45, 7) is 0.513. The maximum absolute atomic E-state index is 13.5. The first-order valence-electron chi connectivity index (χ1n) is 6.08. The van der Waals surface area contributed by atoms with Crippen molar-refractivity contribution in [2.24, 2.45) is 17.6 Å². The Morgan fingerprint density at radius 1 is 1.50 bits per heavy atom. The van der Waals surface area contributed by atoms with Gasteiger partial charge in [0, 0.05) is 10.4 Å². The van der Waals surface area contributed by atoms with E-state index in [-0.39, 0.29) is 23.4 Å². The lowest BCUT2D eigenvalue weighted by Crippen LogP contribution is -2.30. The smallest absolute Gasteiger partial charge is 0.227 e. The van der Waals surface area contributed by atoms with E-state index in [1.54, 1.807) is 12.1 Å². The van der Waals surface area contributed by atoms with Crippen molar-refractivity contribution in [1.82, 2.24) is 0 Å². The lowest BCUT2D eigenvalue weighted by atomic mass is 9.95. The molecule has 2 atom stereocenters. The van der Waals surface area contributed by atoms with Crippen LogP contribution in [0.25, 0.3) is 0 Å². The Morgan fingerprint density at radius 3 is 3.00 bits per heavy atom. The summed E-state index contributed by atoms with van der Waals surface area (Å²) in [4.78, 5) is 12.1. The number of nitrogens with two attached hydrogens (primary N) is 1. The van der Waals surface area contributed by atoms with Gasteiger partial charge in [0.2, 0.25) is 5.91 Å². The van der Waals surface area contributed by atoms with Crippen molar-refractivity contribution >= 4 is 27.5 Å². The molecule has 2 rings (SSSR count). The molecule has 1 amide bonds. The Hall–Kier alpha value is -0.940. The molecule has 0 radical (unpaired) electrons. The molecule has 3 N–H and O–H groups in total. The fourth-order valence-electron chi connectivity index (χ4n) is 2.48. The van der Waals surface area contributed by atoms with Gasteiger partial charge in [0.1, 0.15) is 5.82 Å². The number of rotatable bonds is 3. The van der Waals surface area contributed by atoms with Crippen LogP contribution >= 0.6 is 15.9 Å². The highest BCUT2D eigenvalue weighted by atomic mass is 79.9. The third-order valence-electron chi connectivity index (χ3n) is 3.48. The number of hydrogen-bond donors (Lipinski definition) is 2. The number of carbonyl (C=O) groups is 1. The minimum Gasteiger partial charge on any atom is -0.330 e. The molecule has 3 nitrogen and oxygen atoms in total. The van der Waals surface area contributed by atoms with Crippen molar-refractivity contribution in [2.75, 3.05) is 11.9 Å². The summed E-state index contributed by atoms with van der Waals surface area (Å²) < 4.78 is 14.3. The van der Waals surface area contributed by atoms with E-state index < -0.39 is 5.82 Å². The average molecular weight is 315 g/mol. The molecule has 18 heavy (non-hydrogen) atoms. The van der Waals surface area contributed by atoms with Gasteiger partial charge in [0.25, 0.3) is 0 Å². The minimum absolute atomic E-state index is 0.0895. The molecule has 0 aromatic heterocycles. The molecule has 98 valence electrons. The fraction of sp³-hybridized carbons (Fsp3) is 0.462. The van der Waals surface area contributed by atoms with Gasteiger partial charge in [-0.25, -0.2) is 4.39 Å². The molecular weight excluding hydrogens is 299 g/mol. The Morgan fingerprint density at radius 2 is 2.28 bits per heavy atom. The second-order valence-electron chi connectivity index (χ2n) is 4.65. The van der Waals surface area contributed by atoms with Crippen LogP contribution in [0.5, 0.6) is 0 Å². The van der Waals surface area contributed by atoms with Crippen LogP contribution in [-0.4, -0.2) is 12.5 Å². The number of amides is 1. The molecule has 1 aromatic carbocycles. The van der Waals surface area contributed by atoms with Crippen LogP contribution in [0.3, 0.4) is 0 Å². The quantitative estimate of drug-likeness (QED) is 0.901. The van der Waals surface area contributed by atoms with Crippen LogP contribution in [0.4, 0.5) is 10.1 Å². The van der Waals surface area contributed by atoms with Crippen molar-refractivity contribution < 1.29 is 9.18 Å². The largest absolute Gasteiger partial charge is 0.330 e. The molecule has 0 unspecified atom stereocenters. The van der Waals surface area contributed by atoms with E-state index >= 15 is 0 Å². The zero-order valence-corrected chi connectivity index (χ0v) is 11.5. The van der Waals surface area contributed by atoms with Crippen molar-refractivity contribution in [3.8, 4) is 0 Å². The third kappa shape index (κ3) is 2.90. The van der Waals surface area contributed by atoms with E-state index in [1.165, 1.54) is 6.07 Å². The average Bonchev–Trinajstić information content (AvgIpc) is 2.82. The molecule has 1 aromatic rings. The van der Waals surface area contributed by atoms with Crippen LogP contribution in [0.2, 0.25) is 0 Å². The van der Waals surface area contributed by atoms with Gasteiger partial charge in [-0.3, -0.25) is 4.79 Å². The van der Waals surface area contributed by atoms with Crippen molar-refractivity contribution in [2.45, 2.75) is 19.3 Å². The zero-order chi connectivity index (χ0) is 13.1.